The first-order valence-electron chi connectivity index (χ1n) is 7.22. The number of aryl methyl sites for hydroxylation is 1. The monoisotopic (exact) mass is 303 g/mol. The Balaban J connectivity index is 2.16. The fourth-order valence-corrected chi connectivity index (χ4v) is 2.29. The molecule has 0 fully saturated rings. The maximum absolute atomic E-state index is 12.4. The van der Waals surface area contributed by atoms with Crippen molar-refractivity contribution >= 4 is 16.8 Å². The number of methoxy groups -OCH3 is 1. The molecule has 0 spiro atoms. The molecule has 0 N–H and O–H groups in total. The number of benzene rings is 1. The standard InChI is InChI=1S/C16H21N3O3/c1-12-6-4-7-13-15(12)17-11-19(16(13)21)10-14(20)18(2)8-5-9-22-3/h4,6-7,11H,5,8-10H2,1-3H3. The zero-order valence-corrected chi connectivity index (χ0v) is 13.2. The quantitative estimate of drug-likeness (QED) is 0.752. The Bertz CT molecular complexity index is 724. The van der Waals surface area contributed by atoms with Crippen LogP contribution in [0.2, 0.25) is 0 Å². The molecule has 0 aliphatic heterocycles. The van der Waals surface area contributed by atoms with E-state index in [1.165, 1.54) is 10.9 Å². The summed E-state index contributed by atoms with van der Waals surface area (Å²) >= 11 is 0. The second-order valence-corrected chi connectivity index (χ2v) is 5.31. The second kappa shape index (κ2) is 7.17. The molecule has 1 aromatic heterocycles. The van der Waals surface area contributed by atoms with Gasteiger partial charge in [-0.3, -0.25) is 14.2 Å². The van der Waals surface area contributed by atoms with Gasteiger partial charge in [-0.1, -0.05) is 12.1 Å². The lowest BCUT2D eigenvalue weighted by atomic mass is 10.1. The van der Waals surface area contributed by atoms with Crippen LogP contribution in [0.1, 0.15) is 12.0 Å². The van der Waals surface area contributed by atoms with Gasteiger partial charge in [-0.05, 0) is 25.0 Å². The summed E-state index contributed by atoms with van der Waals surface area (Å²) in [6, 6.07) is 5.47. The molecule has 0 atom stereocenters. The Morgan fingerprint density at radius 2 is 2.18 bits per heavy atom. The highest BCUT2D eigenvalue weighted by Gasteiger charge is 2.12. The molecule has 0 saturated carbocycles. The maximum Gasteiger partial charge on any atom is 0.261 e. The third-order valence-corrected chi connectivity index (χ3v) is 3.63. The molecule has 0 aliphatic rings. The maximum atomic E-state index is 12.4. The van der Waals surface area contributed by atoms with Crippen molar-refractivity contribution in [2.75, 3.05) is 27.3 Å². The average molecular weight is 303 g/mol. The van der Waals surface area contributed by atoms with Gasteiger partial charge in [0.2, 0.25) is 5.91 Å². The Morgan fingerprint density at radius 1 is 1.41 bits per heavy atom. The van der Waals surface area contributed by atoms with Gasteiger partial charge < -0.3 is 9.64 Å². The van der Waals surface area contributed by atoms with Crippen LogP contribution in [0.25, 0.3) is 10.9 Å². The van der Waals surface area contributed by atoms with E-state index in [1.54, 1.807) is 25.1 Å². The van der Waals surface area contributed by atoms with Gasteiger partial charge >= 0.3 is 0 Å². The summed E-state index contributed by atoms with van der Waals surface area (Å²) in [5, 5.41) is 0.539. The molecule has 2 rings (SSSR count). The van der Waals surface area contributed by atoms with Crippen molar-refractivity contribution in [3.63, 3.8) is 0 Å². The molecule has 0 radical (unpaired) electrons. The number of carbonyl (C=O) groups is 1. The van der Waals surface area contributed by atoms with Crippen molar-refractivity contribution in [3.05, 3.63) is 40.4 Å². The Kier molecular flexibility index (Phi) is 5.27. The van der Waals surface area contributed by atoms with Gasteiger partial charge in [0.25, 0.3) is 5.56 Å². The molecule has 118 valence electrons. The molecule has 0 unspecified atom stereocenters. The first-order valence-corrected chi connectivity index (χ1v) is 7.22. The smallest absolute Gasteiger partial charge is 0.261 e. The molecular formula is C16H21N3O3. The molecular weight excluding hydrogens is 282 g/mol. The van der Waals surface area contributed by atoms with E-state index in [-0.39, 0.29) is 18.0 Å². The first-order chi connectivity index (χ1) is 10.5. The van der Waals surface area contributed by atoms with Crippen LogP contribution < -0.4 is 5.56 Å². The number of aromatic nitrogens is 2. The van der Waals surface area contributed by atoms with Crippen LogP contribution >= 0.6 is 0 Å². The van der Waals surface area contributed by atoms with Gasteiger partial charge in [-0.25, -0.2) is 4.98 Å². The number of hydrogen-bond donors (Lipinski definition) is 0. The van der Waals surface area contributed by atoms with Crippen LogP contribution in [0.15, 0.2) is 29.3 Å². The first kappa shape index (κ1) is 16.2. The van der Waals surface area contributed by atoms with Crippen LogP contribution in [-0.4, -0.2) is 47.7 Å². The SMILES string of the molecule is COCCCN(C)C(=O)Cn1cnc2c(C)cccc2c1=O. The van der Waals surface area contributed by atoms with E-state index in [1.807, 2.05) is 19.1 Å². The largest absolute Gasteiger partial charge is 0.385 e. The van der Waals surface area contributed by atoms with Gasteiger partial charge in [-0.2, -0.15) is 0 Å². The van der Waals surface area contributed by atoms with Crippen molar-refractivity contribution in [2.45, 2.75) is 19.9 Å². The van der Waals surface area contributed by atoms with Gasteiger partial charge in [0.05, 0.1) is 17.2 Å². The zero-order chi connectivity index (χ0) is 16.1. The number of nitrogens with zero attached hydrogens (tertiary/aromatic N) is 3. The number of carbonyl (C=O) groups excluding carboxylic acids is 1. The lowest BCUT2D eigenvalue weighted by Gasteiger charge is -2.17. The number of likely N-dealkylation sites (N-methyl/N-ethyl adjacent to an activating group) is 1. The number of ether oxygens (including phenoxy) is 1. The molecule has 6 heteroatoms. The summed E-state index contributed by atoms with van der Waals surface area (Å²) in [6.07, 6.45) is 2.21. The lowest BCUT2D eigenvalue weighted by Crippen LogP contribution is -2.35. The van der Waals surface area contributed by atoms with E-state index in [4.69, 9.17) is 4.74 Å². The molecule has 0 aliphatic carbocycles. The van der Waals surface area contributed by atoms with Gasteiger partial charge in [0.15, 0.2) is 0 Å². The molecule has 0 saturated heterocycles. The van der Waals surface area contributed by atoms with Crippen LogP contribution in [0.5, 0.6) is 0 Å². The zero-order valence-electron chi connectivity index (χ0n) is 13.2. The minimum absolute atomic E-state index is 0.000796. The topological polar surface area (TPSA) is 64.4 Å². The van der Waals surface area contributed by atoms with E-state index < -0.39 is 0 Å². The number of hydrogen-bond acceptors (Lipinski definition) is 4. The molecule has 0 bridgehead atoms. The summed E-state index contributed by atoms with van der Waals surface area (Å²) in [5.41, 5.74) is 1.45. The lowest BCUT2D eigenvalue weighted by molar-refractivity contribution is -0.130. The normalized spacial score (nSPS) is 10.9. The van der Waals surface area contributed by atoms with Crippen LogP contribution in [-0.2, 0) is 16.1 Å². The van der Waals surface area contributed by atoms with E-state index in [0.29, 0.717) is 24.1 Å². The number of rotatable bonds is 6. The molecule has 6 nitrogen and oxygen atoms in total. The van der Waals surface area contributed by atoms with E-state index in [9.17, 15) is 9.59 Å². The van der Waals surface area contributed by atoms with Crippen LogP contribution in [0.4, 0.5) is 0 Å². The molecule has 22 heavy (non-hydrogen) atoms. The Hall–Kier alpha value is -2.21. The van der Waals surface area contributed by atoms with Crippen molar-refractivity contribution in [1.82, 2.24) is 14.5 Å². The number of fused-ring (bicyclic) bond motifs is 1. The Labute approximate surface area is 129 Å². The molecule has 2 aromatic rings. The summed E-state index contributed by atoms with van der Waals surface area (Å²) < 4.78 is 6.32. The van der Waals surface area contributed by atoms with Crippen molar-refractivity contribution in [3.8, 4) is 0 Å². The van der Waals surface area contributed by atoms with E-state index >= 15 is 0 Å². The van der Waals surface area contributed by atoms with Crippen molar-refractivity contribution in [1.29, 1.82) is 0 Å². The average Bonchev–Trinajstić information content (AvgIpc) is 2.50. The summed E-state index contributed by atoms with van der Waals surface area (Å²) in [4.78, 5) is 30.5. The van der Waals surface area contributed by atoms with Crippen LogP contribution in [0, 0.1) is 6.92 Å². The highest BCUT2D eigenvalue weighted by atomic mass is 16.5. The predicted molar refractivity (Wildman–Crippen MR) is 84.9 cm³/mol. The fourth-order valence-electron chi connectivity index (χ4n) is 2.29. The third kappa shape index (κ3) is 3.51. The summed E-state index contributed by atoms with van der Waals surface area (Å²) in [7, 11) is 3.35. The second-order valence-electron chi connectivity index (χ2n) is 5.31. The highest BCUT2D eigenvalue weighted by molar-refractivity contribution is 5.81. The van der Waals surface area contributed by atoms with Gasteiger partial charge in [-0.15, -0.1) is 0 Å². The molecule has 1 amide bonds. The Morgan fingerprint density at radius 3 is 2.91 bits per heavy atom. The van der Waals surface area contributed by atoms with Gasteiger partial charge in [0, 0.05) is 27.3 Å². The van der Waals surface area contributed by atoms with Crippen LogP contribution in [0.3, 0.4) is 0 Å². The number of para-hydroxylation sites is 1. The highest BCUT2D eigenvalue weighted by Crippen LogP contribution is 2.11. The molecule has 1 heterocycles. The third-order valence-electron chi connectivity index (χ3n) is 3.63. The van der Waals surface area contributed by atoms with E-state index in [2.05, 4.69) is 4.98 Å². The van der Waals surface area contributed by atoms with Crippen molar-refractivity contribution in [2.24, 2.45) is 0 Å². The minimum atomic E-state index is -0.188. The summed E-state index contributed by atoms with van der Waals surface area (Å²) in [6.45, 7) is 3.11. The predicted octanol–water partition coefficient (Wildman–Crippen LogP) is 1.20. The van der Waals surface area contributed by atoms with Gasteiger partial charge in [0.1, 0.15) is 6.54 Å². The fraction of sp³-hybridized carbons (Fsp3) is 0.438. The number of amides is 1. The molecule has 1 aromatic carbocycles. The van der Waals surface area contributed by atoms with E-state index in [0.717, 1.165) is 12.0 Å². The van der Waals surface area contributed by atoms with Crippen molar-refractivity contribution < 1.29 is 9.53 Å². The minimum Gasteiger partial charge on any atom is -0.385 e. The summed E-state index contributed by atoms with van der Waals surface area (Å²) in [5.74, 6) is -0.119.